The third kappa shape index (κ3) is 19.8. The van der Waals surface area contributed by atoms with Gasteiger partial charge in [-0.2, -0.15) is 23.5 Å². The summed E-state index contributed by atoms with van der Waals surface area (Å²) in [4.78, 5) is 23.3. The largest absolute Gasteiger partial charge is 0.356 e. The highest BCUT2D eigenvalue weighted by Gasteiger charge is 2.02. The summed E-state index contributed by atoms with van der Waals surface area (Å²) >= 11 is 3.76. The highest BCUT2D eigenvalue weighted by Crippen LogP contribution is 2.07. The summed E-state index contributed by atoms with van der Waals surface area (Å²) in [6, 6.07) is 0. The Morgan fingerprint density at radius 1 is 0.600 bits per heavy atom. The first-order valence-electron chi connectivity index (χ1n) is 9.72. The van der Waals surface area contributed by atoms with Gasteiger partial charge in [0.1, 0.15) is 0 Å². The van der Waals surface area contributed by atoms with Crippen molar-refractivity contribution >= 4 is 35.3 Å². The highest BCUT2D eigenvalue weighted by molar-refractivity contribution is 7.98. The van der Waals surface area contributed by atoms with E-state index in [1.807, 2.05) is 23.5 Å². The minimum absolute atomic E-state index is 0.140. The molecule has 0 fully saturated rings. The Bertz CT molecular complexity index is 299. The van der Waals surface area contributed by atoms with Gasteiger partial charge in [0.15, 0.2) is 0 Å². The molecule has 0 heterocycles. The van der Waals surface area contributed by atoms with Crippen molar-refractivity contribution in [3.63, 3.8) is 0 Å². The number of amides is 2. The third-order valence-electron chi connectivity index (χ3n) is 4.00. The van der Waals surface area contributed by atoms with Gasteiger partial charge in [-0.1, -0.05) is 25.7 Å². The second kappa shape index (κ2) is 20.0. The summed E-state index contributed by atoms with van der Waals surface area (Å²) in [5.74, 6) is 2.72. The molecule has 0 aliphatic rings. The SMILES string of the molecule is CSCCCCCCC(=O)NCCCNC(=O)CCCCCCSC. The molecule has 0 atom stereocenters. The molecule has 0 radical (unpaired) electrons. The zero-order valence-electron chi connectivity index (χ0n) is 16.2. The van der Waals surface area contributed by atoms with E-state index in [4.69, 9.17) is 0 Å². The molecule has 6 heteroatoms. The first-order valence-corrected chi connectivity index (χ1v) is 12.5. The van der Waals surface area contributed by atoms with Crippen molar-refractivity contribution in [3.05, 3.63) is 0 Å². The van der Waals surface area contributed by atoms with Gasteiger partial charge in [0, 0.05) is 25.9 Å². The van der Waals surface area contributed by atoms with Crippen molar-refractivity contribution in [2.24, 2.45) is 0 Å². The van der Waals surface area contributed by atoms with Crippen LogP contribution in [0.3, 0.4) is 0 Å². The summed E-state index contributed by atoms with van der Waals surface area (Å²) in [7, 11) is 0. The maximum Gasteiger partial charge on any atom is 0.219 e. The number of carbonyl (C=O) groups is 2. The molecular weight excluding hydrogens is 352 g/mol. The second-order valence-electron chi connectivity index (χ2n) is 6.37. The number of hydrogen-bond donors (Lipinski definition) is 2. The van der Waals surface area contributed by atoms with Crippen LogP contribution in [0.5, 0.6) is 0 Å². The summed E-state index contributed by atoms with van der Waals surface area (Å²) < 4.78 is 0. The Balaban J connectivity index is 3.30. The molecule has 0 spiro atoms. The zero-order valence-corrected chi connectivity index (χ0v) is 17.9. The van der Waals surface area contributed by atoms with E-state index in [1.54, 1.807) is 0 Å². The molecule has 0 saturated carbocycles. The standard InChI is InChI=1S/C19H38N2O2S2/c1-24-16-9-5-3-7-12-18(22)20-14-11-15-21-19(23)13-8-4-6-10-17-25-2/h3-17H2,1-2H3,(H,20,22)(H,21,23). The minimum atomic E-state index is 0.140. The van der Waals surface area contributed by atoms with E-state index in [-0.39, 0.29) is 11.8 Å². The van der Waals surface area contributed by atoms with Gasteiger partial charge in [-0.25, -0.2) is 0 Å². The molecule has 4 nitrogen and oxygen atoms in total. The lowest BCUT2D eigenvalue weighted by atomic mass is 10.1. The van der Waals surface area contributed by atoms with Gasteiger partial charge in [0.05, 0.1) is 0 Å². The molecule has 0 aliphatic carbocycles. The number of hydrogen-bond acceptors (Lipinski definition) is 4. The van der Waals surface area contributed by atoms with Gasteiger partial charge in [-0.05, 0) is 56.1 Å². The van der Waals surface area contributed by atoms with Crippen molar-refractivity contribution in [3.8, 4) is 0 Å². The topological polar surface area (TPSA) is 58.2 Å². The molecule has 0 rings (SSSR count). The maximum atomic E-state index is 11.7. The average molecular weight is 391 g/mol. The van der Waals surface area contributed by atoms with Crippen LogP contribution >= 0.6 is 23.5 Å². The van der Waals surface area contributed by atoms with Gasteiger partial charge >= 0.3 is 0 Å². The van der Waals surface area contributed by atoms with E-state index in [9.17, 15) is 9.59 Å². The molecule has 0 aromatic heterocycles. The summed E-state index contributed by atoms with van der Waals surface area (Å²) in [6.45, 7) is 1.31. The van der Waals surface area contributed by atoms with E-state index >= 15 is 0 Å². The number of rotatable bonds is 18. The van der Waals surface area contributed by atoms with Gasteiger partial charge in [-0.3, -0.25) is 9.59 Å². The van der Waals surface area contributed by atoms with E-state index < -0.39 is 0 Å². The summed E-state index contributed by atoms with van der Waals surface area (Å²) in [5, 5.41) is 5.87. The molecule has 0 saturated heterocycles. The van der Waals surface area contributed by atoms with Crippen molar-refractivity contribution in [1.82, 2.24) is 10.6 Å². The molecule has 0 aromatic rings. The van der Waals surface area contributed by atoms with Crippen LogP contribution in [0.4, 0.5) is 0 Å². The predicted octanol–water partition coefficient (Wildman–Crippen LogP) is 4.24. The van der Waals surface area contributed by atoms with Crippen molar-refractivity contribution in [1.29, 1.82) is 0 Å². The summed E-state index contributed by atoms with van der Waals surface area (Å²) in [5.41, 5.74) is 0. The van der Waals surface area contributed by atoms with Crippen molar-refractivity contribution in [2.75, 3.05) is 37.1 Å². The zero-order chi connectivity index (χ0) is 18.6. The molecule has 0 aliphatic heterocycles. The number of carbonyl (C=O) groups excluding carboxylic acids is 2. The Hall–Kier alpha value is -0.360. The normalized spacial score (nSPS) is 10.6. The highest BCUT2D eigenvalue weighted by atomic mass is 32.2. The van der Waals surface area contributed by atoms with Crippen LogP contribution in [0, 0.1) is 0 Å². The molecule has 0 bridgehead atoms. The first-order chi connectivity index (χ1) is 12.2. The molecule has 25 heavy (non-hydrogen) atoms. The van der Waals surface area contributed by atoms with Crippen LogP contribution in [0.25, 0.3) is 0 Å². The number of nitrogens with one attached hydrogen (secondary N) is 2. The average Bonchev–Trinajstić information content (AvgIpc) is 2.60. The van der Waals surface area contributed by atoms with Crippen LogP contribution in [0.2, 0.25) is 0 Å². The van der Waals surface area contributed by atoms with Crippen LogP contribution in [0.1, 0.15) is 70.6 Å². The van der Waals surface area contributed by atoms with Crippen molar-refractivity contribution in [2.45, 2.75) is 70.6 Å². The molecule has 2 amide bonds. The third-order valence-corrected chi connectivity index (χ3v) is 5.40. The monoisotopic (exact) mass is 390 g/mol. The fourth-order valence-electron chi connectivity index (χ4n) is 2.49. The Morgan fingerprint density at radius 2 is 1.00 bits per heavy atom. The van der Waals surface area contributed by atoms with E-state index in [0.29, 0.717) is 25.9 Å². The molecule has 0 unspecified atom stereocenters. The van der Waals surface area contributed by atoms with Gasteiger partial charge in [0.25, 0.3) is 0 Å². The molecule has 2 N–H and O–H groups in total. The van der Waals surface area contributed by atoms with E-state index in [0.717, 1.165) is 32.1 Å². The van der Waals surface area contributed by atoms with Gasteiger partial charge in [0.2, 0.25) is 11.8 Å². The van der Waals surface area contributed by atoms with Crippen molar-refractivity contribution < 1.29 is 9.59 Å². The molecular formula is C19H38N2O2S2. The lowest BCUT2D eigenvalue weighted by Crippen LogP contribution is -2.29. The number of unbranched alkanes of at least 4 members (excludes halogenated alkanes) is 6. The van der Waals surface area contributed by atoms with E-state index in [1.165, 1.54) is 37.2 Å². The Kier molecular flexibility index (Phi) is 19.7. The van der Waals surface area contributed by atoms with Gasteiger partial charge < -0.3 is 10.6 Å². The Morgan fingerprint density at radius 3 is 1.40 bits per heavy atom. The lowest BCUT2D eigenvalue weighted by Gasteiger charge is -2.07. The quantitative estimate of drug-likeness (QED) is 0.344. The van der Waals surface area contributed by atoms with E-state index in [2.05, 4.69) is 23.1 Å². The van der Waals surface area contributed by atoms with Crippen LogP contribution in [-0.4, -0.2) is 48.9 Å². The van der Waals surface area contributed by atoms with Crippen LogP contribution in [-0.2, 0) is 9.59 Å². The fourth-order valence-corrected chi connectivity index (χ4v) is 3.48. The lowest BCUT2D eigenvalue weighted by molar-refractivity contribution is -0.121. The molecule has 0 aromatic carbocycles. The second-order valence-corrected chi connectivity index (χ2v) is 8.34. The molecule has 148 valence electrons. The van der Waals surface area contributed by atoms with Crippen LogP contribution < -0.4 is 10.6 Å². The van der Waals surface area contributed by atoms with Crippen LogP contribution in [0.15, 0.2) is 0 Å². The Labute approximate surface area is 163 Å². The number of thioether (sulfide) groups is 2. The smallest absolute Gasteiger partial charge is 0.219 e. The first kappa shape index (κ1) is 24.6. The summed E-state index contributed by atoms with van der Waals surface area (Å²) in [6.07, 6.45) is 15.5. The fraction of sp³-hybridized carbons (Fsp3) is 0.895. The van der Waals surface area contributed by atoms with Gasteiger partial charge in [-0.15, -0.1) is 0 Å². The predicted molar refractivity (Wildman–Crippen MR) is 114 cm³/mol. The minimum Gasteiger partial charge on any atom is -0.356 e. The maximum absolute atomic E-state index is 11.7.